The molecule has 1 aliphatic carbocycles. The van der Waals surface area contributed by atoms with Crippen LogP contribution < -0.4 is 5.32 Å². The van der Waals surface area contributed by atoms with Crippen LogP contribution in [0.15, 0.2) is 54.6 Å². The van der Waals surface area contributed by atoms with Gasteiger partial charge in [0, 0.05) is 30.6 Å². The van der Waals surface area contributed by atoms with Crippen LogP contribution in [0.4, 0.5) is 0 Å². The minimum absolute atomic E-state index is 0.184. The van der Waals surface area contributed by atoms with E-state index in [0.717, 1.165) is 30.4 Å². The van der Waals surface area contributed by atoms with E-state index in [4.69, 9.17) is 23.8 Å². The number of carbonyl (C=O) groups excluding carboxylic acids is 1. The first-order valence-corrected chi connectivity index (χ1v) is 9.68. The molecule has 0 spiro atoms. The van der Waals surface area contributed by atoms with Crippen LogP contribution in [0.2, 0.25) is 5.02 Å². The van der Waals surface area contributed by atoms with Crippen LogP contribution in [0.3, 0.4) is 0 Å². The first kappa shape index (κ1) is 18.9. The minimum atomic E-state index is -0.794. The second-order valence-corrected chi connectivity index (χ2v) is 7.47. The van der Waals surface area contributed by atoms with Crippen molar-refractivity contribution in [3.63, 3.8) is 0 Å². The number of ketones is 1. The molecule has 2 aromatic rings. The van der Waals surface area contributed by atoms with Crippen molar-refractivity contribution in [2.75, 3.05) is 7.05 Å². The summed E-state index contributed by atoms with van der Waals surface area (Å²) in [5.41, 5.74) is 1.19. The number of halogens is 1. The molecule has 3 nitrogen and oxygen atoms in total. The fourth-order valence-electron chi connectivity index (χ4n) is 3.69. The van der Waals surface area contributed by atoms with Crippen molar-refractivity contribution in [1.29, 1.82) is 0 Å². The van der Waals surface area contributed by atoms with Gasteiger partial charge in [-0.05, 0) is 43.1 Å². The van der Waals surface area contributed by atoms with Crippen molar-refractivity contribution >= 4 is 34.7 Å². The van der Waals surface area contributed by atoms with Gasteiger partial charge in [-0.25, -0.2) is 0 Å². The molecule has 0 unspecified atom stereocenters. The number of likely N-dealkylation sites (N-methyl/N-ethyl adjacent to an activating group) is 1. The van der Waals surface area contributed by atoms with Gasteiger partial charge in [-0.2, -0.15) is 0 Å². The summed E-state index contributed by atoms with van der Waals surface area (Å²) >= 11 is 12.1. The molecule has 1 saturated carbocycles. The lowest BCUT2D eigenvalue weighted by atomic mass is 9.74. The molecule has 5 heteroatoms. The van der Waals surface area contributed by atoms with E-state index < -0.39 is 5.54 Å². The zero-order valence-corrected chi connectivity index (χ0v) is 16.4. The molecule has 0 saturated heterocycles. The van der Waals surface area contributed by atoms with E-state index in [-0.39, 0.29) is 5.78 Å². The molecular formula is C21H23ClN2OS. The summed E-state index contributed by atoms with van der Waals surface area (Å²) < 4.78 is 0. The average molecular weight is 387 g/mol. The van der Waals surface area contributed by atoms with Gasteiger partial charge in [0.25, 0.3) is 0 Å². The van der Waals surface area contributed by atoms with Gasteiger partial charge in [0.15, 0.2) is 10.9 Å². The zero-order valence-electron chi connectivity index (χ0n) is 14.9. The van der Waals surface area contributed by atoms with Crippen LogP contribution >= 0.6 is 23.8 Å². The Morgan fingerprint density at radius 3 is 2.54 bits per heavy atom. The van der Waals surface area contributed by atoms with Crippen LogP contribution in [0.5, 0.6) is 0 Å². The fourth-order valence-corrected chi connectivity index (χ4v) is 4.22. The number of nitrogens with one attached hydrogen (secondary N) is 1. The fraction of sp³-hybridized carbons (Fsp3) is 0.333. The first-order chi connectivity index (χ1) is 12.6. The molecule has 0 aromatic heterocycles. The Kier molecular flexibility index (Phi) is 5.94. The average Bonchev–Trinajstić information content (AvgIpc) is 2.67. The normalized spacial score (nSPS) is 19.8. The molecule has 2 aromatic carbocycles. The van der Waals surface area contributed by atoms with Gasteiger partial charge in [0.2, 0.25) is 0 Å². The summed E-state index contributed by atoms with van der Waals surface area (Å²) in [5.74, 6) is 0.184. The maximum Gasteiger partial charge on any atom is 0.170 e. The highest BCUT2D eigenvalue weighted by Crippen LogP contribution is 2.42. The largest absolute Gasteiger partial charge is 0.358 e. The lowest BCUT2D eigenvalue weighted by molar-refractivity contribution is -0.131. The standard InChI is InChI=1S/C21H23ClN2OS/c1-24(20(26)23-15-16-9-3-2-4-10-16)21(14-8-7-13-19(21)25)17-11-5-6-12-18(17)22/h2-6,9-12H,7-8,13-15H2,1H3,(H,23,26)/t21-/m0/s1. The van der Waals surface area contributed by atoms with Crippen molar-refractivity contribution in [2.45, 2.75) is 37.8 Å². The topological polar surface area (TPSA) is 32.3 Å². The summed E-state index contributed by atoms with van der Waals surface area (Å²) in [6.45, 7) is 0.622. The van der Waals surface area contributed by atoms with E-state index in [2.05, 4.69) is 5.32 Å². The highest BCUT2D eigenvalue weighted by molar-refractivity contribution is 7.80. The van der Waals surface area contributed by atoms with Crippen molar-refractivity contribution in [1.82, 2.24) is 10.2 Å². The molecule has 1 fully saturated rings. The number of hydrogen-bond acceptors (Lipinski definition) is 2. The molecule has 0 aliphatic heterocycles. The molecular weight excluding hydrogens is 364 g/mol. The predicted octanol–water partition coefficient (Wildman–Crippen LogP) is 4.68. The van der Waals surface area contributed by atoms with E-state index in [1.807, 2.05) is 66.5 Å². The number of rotatable bonds is 4. The van der Waals surface area contributed by atoms with Crippen LogP contribution in [0.1, 0.15) is 36.8 Å². The third kappa shape index (κ3) is 3.62. The quantitative estimate of drug-likeness (QED) is 0.773. The Morgan fingerprint density at radius 1 is 1.15 bits per heavy atom. The van der Waals surface area contributed by atoms with Gasteiger partial charge in [-0.1, -0.05) is 60.1 Å². The molecule has 26 heavy (non-hydrogen) atoms. The maximum absolute atomic E-state index is 13.1. The van der Waals surface area contributed by atoms with E-state index in [1.54, 1.807) is 0 Å². The van der Waals surface area contributed by atoms with Crippen LogP contribution in [0.25, 0.3) is 0 Å². The first-order valence-electron chi connectivity index (χ1n) is 8.89. The lowest BCUT2D eigenvalue weighted by Crippen LogP contribution is -2.56. The predicted molar refractivity (Wildman–Crippen MR) is 110 cm³/mol. The number of hydrogen-bond donors (Lipinski definition) is 1. The molecule has 0 heterocycles. The lowest BCUT2D eigenvalue weighted by Gasteiger charge is -2.45. The van der Waals surface area contributed by atoms with E-state index in [0.29, 0.717) is 23.1 Å². The van der Waals surface area contributed by atoms with Crippen molar-refractivity contribution < 1.29 is 4.79 Å². The van der Waals surface area contributed by atoms with Crippen molar-refractivity contribution in [2.24, 2.45) is 0 Å². The molecule has 0 bridgehead atoms. The SMILES string of the molecule is CN(C(=S)NCc1ccccc1)[C@]1(c2ccccc2Cl)CCCCC1=O. The van der Waals surface area contributed by atoms with E-state index in [1.165, 1.54) is 0 Å². The third-order valence-corrected chi connectivity index (χ3v) is 5.88. The summed E-state index contributed by atoms with van der Waals surface area (Å²) in [6, 6.07) is 17.7. The number of nitrogens with zero attached hydrogens (tertiary/aromatic N) is 1. The molecule has 1 N–H and O–H groups in total. The Balaban J connectivity index is 1.88. The van der Waals surface area contributed by atoms with Gasteiger partial charge in [-0.3, -0.25) is 4.79 Å². The maximum atomic E-state index is 13.1. The monoisotopic (exact) mass is 386 g/mol. The molecule has 136 valence electrons. The van der Waals surface area contributed by atoms with Crippen molar-refractivity contribution in [3.8, 4) is 0 Å². The van der Waals surface area contributed by atoms with Gasteiger partial charge in [0.1, 0.15) is 5.54 Å². The number of Topliss-reactive ketones (excluding diaryl/α,β-unsaturated/α-hetero) is 1. The van der Waals surface area contributed by atoms with Crippen LogP contribution in [-0.4, -0.2) is 22.8 Å². The van der Waals surface area contributed by atoms with Crippen LogP contribution in [-0.2, 0) is 16.9 Å². The number of thiocarbonyl (C=S) groups is 1. The Labute approximate surface area is 165 Å². The third-order valence-electron chi connectivity index (χ3n) is 5.14. The molecule has 1 atom stereocenters. The smallest absolute Gasteiger partial charge is 0.170 e. The Bertz CT molecular complexity index is 796. The molecule has 0 radical (unpaired) electrons. The van der Waals surface area contributed by atoms with E-state index in [9.17, 15) is 4.79 Å². The summed E-state index contributed by atoms with van der Waals surface area (Å²) in [5, 5.41) is 4.46. The Hall–Kier alpha value is -1.91. The van der Waals surface area contributed by atoms with Crippen molar-refractivity contribution in [3.05, 3.63) is 70.7 Å². The van der Waals surface area contributed by atoms with Gasteiger partial charge in [0.05, 0.1) is 0 Å². The van der Waals surface area contributed by atoms with Crippen LogP contribution in [0, 0.1) is 0 Å². The summed E-state index contributed by atoms with van der Waals surface area (Å²) in [6.07, 6.45) is 3.17. The van der Waals surface area contributed by atoms with Gasteiger partial charge < -0.3 is 10.2 Å². The minimum Gasteiger partial charge on any atom is -0.358 e. The second-order valence-electron chi connectivity index (χ2n) is 6.67. The summed E-state index contributed by atoms with van der Waals surface area (Å²) in [4.78, 5) is 15.0. The van der Waals surface area contributed by atoms with Gasteiger partial charge >= 0.3 is 0 Å². The molecule has 1 aliphatic rings. The number of carbonyl (C=O) groups is 1. The molecule has 0 amide bonds. The number of benzene rings is 2. The highest BCUT2D eigenvalue weighted by atomic mass is 35.5. The van der Waals surface area contributed by atoms with Gasteiger partial charge in [-0.15, -0.1) is 0 Å². The highest BCUT2D eigenvalue weighted by Gasteiger charge is 2.47. The zero-order chi connectivity index (χ0) is 18.6. The van der Waals surface area contributed by atoms with E-state index >= 15 is 0 Å². The molecule has 3 rings (SSSR count). The summed E-state index contributed by atoms with van der Waals surface area (Å²) in [7, 11) is 1.90. The second kappa shape index (κ2) is 8.19. The Morgan fingerprint density at radius 2 is 1.85 bits per heavy atom.